The summed E-state index contributed by atoms with van der Waals surface area (Å²) in [6.07, 6.45) is 0. The molecule has 17 heavy (non-hydrogen) atoms. The first-order chi connectivity index (χ1) is 7.99. The predicted octanol–water partition coefficient (Wildman–Crippen LogP) is 0.650. The van der Waals surface area contributed by atoms with Crippen LogP contribution in [-0.2, 0) is 4.79 Å². The summed E-state index contributed by atoms with van der Waals surface area (Å²) < 4.78 is 0. The van der Waals surface area contributed by atoms with Crippen molar-refractivity contribution in [1.82, 2.24) is 16.2 Å². The molecule has 0 aromatic heterocycles. The fraction of sp³-hybridized carbons (Fsp3) is 0.182. The Morgan fingerprint density at radius 1 is 1.12 bits per heavy atom. The highest BCUT2D eigenvalue weighted by Gasteiger charge is 2.05. The Balaban J connectivity index is 2.47. The van der Waals surface area contributed by atoms with Gasteiger partial charge in [0.15, 0.2) is 5.11 Å². The third-order valence-electron chi connectivity index (χ3n) is 1.89. The second-order valence-corrected chi connectivity index (χ2v) is 3.86. The predicted molar refractivity (Wildman–Crippen MR) is 68.2 cm³/mol. The van der Waals surface area contributed by atoms with E-state index in [2.05, 4.69) is 16.2 Å². The minimum absolute atomic E-state index is 0.0537. The van der Waals surface area contributed by atoms with Crippen LogP contribution < -0.4 is 16.2 Å². The minimum Gasteiger partial charge on any atom is -0.302 e. The van der Waals surface area contributed by atoms with Crippen molar-refractivity contribution in [3.63, 3.8) is 0 Å². The fourth-order valence-electron chi connectivity index (χ4n) is 1.08. The first kappa shape index (κ1) is 13.1. The molecule has 0 saturated heterocycles. The van der Waals surface area contributed by atoms with Gasteiger partial charge in [0.05, 0.1) is 0 Å². The zero-order valence-corrected chi connectivity index (χ0v) is 10.4. The van der Waals surface area contributed by atoms with Crippen LogP contribution in [0, 0.1) is 6.92 Å². The van der Waals surface area contributed by atoms with Crippen LogP contribution in [0.3, 0.4) is 0 Å². The molecule has 1 aromatic rings. The van der Waals surface area contributed by atoms with Crippen LogP contribution in [0.15, 0.2) is 24.3 Å². The fourth-order valence-corrected chi connectivity index (χ4v) is 1.28. The lowest BCUT2D eigenvalue weighted by atomic mass is 10.1. The van der Waals surface area contributed by atoms with Gasteiger partial charge in [0.1, 0.15) is 0 Å². The molecule has 0 fully saturated rings. The molecule has 0 unspecified atom stereocenters. The monoisotopic (exact) mass is 251 g/mol. The number of nitrogens with one attached hydrogen (secondary N) is 3. The molecule has 6 heteroatoms. The van der Waals surface area contributed by atoms with Gasteiger partial charge in [-0.05, 0) is 31.3 Å². The zero-order valence-electron chi connectivity index (χ0n) is 9.53. The molecule has 0 spiro atoms. The third-order valence-corrected chi connectivity index (χ3v) is 2.10. The molecule has 90 valence electrons. The summed E-state index contributed by atoms with van der Waals surface area (Å²) in [6.45, 7) is 3.27. The van der Waals surface area contributed by atoms with Crippen LogP contribution in [0.1, 0.15) is 22.8 Å². The second-order valence-electron chi connectivity index (χ2n) is 3.46. The smallest absolute Gasteiger partial charge is 0.269 e. The Bertz CT molecular complexity index is 443. The summed E-state index contributed by atoms with van der Waals surface area (Å²) in [6, 6.07) is 7.07. The molecular weight excluding hydrogens is 238 g/mol. The number of rotatable bonds is 1. The molecule has 0 aliphatic heterocycles. The molecular formula is C11H13N3O2S. The first-order valence-electron chi connectivity index (χ1n) is 4.93. The van der Waals surface area contributed by atoms with Gasteiger partial charge in [-0.15, -0.1) is 0 Å². The maximum Gasteiger partial charge on any atom is 0.269 e. The number of aryl methyl sites for hydroxylation is 1. The van der Waals surface area contributed by atoms with E-state index in [0.717, 1.165) is 5.56 Å². The average Bonchev–Trinajstić information content (AvgIpc) is 2.26. The van der Waals surface area contributed by atoms with E-state index in [0.29, 0.717) is 5.56 Å². The van der Waals surface area contributed by atoms with Crippen molar-refractivity contribution in [2.75, 3.05) is 0 Å². The molecule has 1 rings (SSSR count). The van der Waals surface area contributed by atoms with Gasteiger partial charge in [0, 0.05) is 12.5 Å². The summed E-state index contributed by atoms with van der Waals surface area (Å²) in [7, 11) is 0. The lowest BCUT2D eigenvalue weighted by Crippen LogP contribution is -2.47. The van der Waals surface area contributed by atoms with E-state index in [1.807, 2.05) is 19.1 Å². The largest absolute Gasteiger partial charge is 0.302 e. The van der Waals surface area contributed by atoms with Gasteiger partial charge in [-0.25, -0.2) is 0 Å². The van der Waals surface area contributed by atoms with Gasteiger partial charge in [-0.1, -0.05) is 17.7 Å². The maximum absolute atomic E-state index is 11.6. The summed E-state index contributed by atoms with van der Waals surface area (Å²) in [5.41, 5.74) is 6.39. The van der Waals surface area contributed by atoms with Crippen molar-refractivity contribution in [3.05, 3.63) is 35.4 Å². The Morgan fingerprint density at radius 3 is 2.24 bits per heavy atom. The van der Waals surface area contributed by atoms with Gasteiger partial charge < -0.3 is 5.32 Å². The van der Waals surface area contributed by atoms with Gasteiger partial charge in [0.2, 0.25) is 5.91 Å². The molecule has 0 radical (unpaired) electrons. The third kappa shape index (κ3) is 4.60. The number of hydrogen-bond acceptors (Lipinski definition) is 3. The second kappa shape index (κ2) is 5.95. The lowest BCUT2D eigenvalue weighted by molar-refractivity contribution is -0.117. The number of hydrazine groups is 1. The standard InChI is InChI=1S/C11H13N3O2S/c1-7-3-5-9(6-4-7)10(16)13-14-11(17)12-8(2)15/h3-6H,1-2H3,(H,13,16)(H2,12,14,15,17). The highest BCUT2D eigenvalue weighted by atomic mass is 32.1. The Morgan fingerprint density at radius 2 is 1.71 bits per heavy atom. The average molecular weight is 251 g/mol. The van der Waals surface area contributed by atoms with Crippen molar-refractivity contribution >= 4 is 29.1 Å². The first-order valence-corrected chi connectivity index (χ1v) is 5.34. The zero-order chi connectivity index (χ0) is 12.8. The van der Waals surface area contributed by atoms with E-state index >= 15 is 0 Å². The van der Waals surface area contributed by atoms with Crippen LogP contribution in [0.4, 0.5) is 0 Å². The number of carbonyl (C=O) groups is 2. The summed E-state index contributed by atoms with van der Waals surface area (Å²) >= 11 is 4.76. The normalized spacial score (nSPS) is 9.29. The van der Waals surface area contributed by atoms with E-state index in [1.54, 1.807) is 12.1 Å². The molecule has 0 aliphatic carbocycles. The quantitative estimate of drug-likeness (QED) is 0.506. The van der Waals surface area contributed by atoms with Crippen molar-refractivity contribution in [3.8, 4) is 0 Å². The minimum atomic E-state index is -0.322. The van der Waals surface area contributed by atoms with Gasteiger partial charge in [0.25, 0.3) is 5.91 Å². The molecule has 0 heterocycles. The van der Waals surface area contributed by atoms with Crippen molar-refractivity contribution in [1.29, 1.82) is 0 Å². The van der Waals surface area contributed by atoms with Crippen molar-refractivity contribution in [2.24, 2.45) is 0 Å². The lowest BCUT2D eigenvalue weighted by Gasteiger charge is -2.09. The van der Waals surface area contributed by atoms with Crippen LogP contribution in [0.25, 0.3) is 0 Å². The van der Waals surface area contributed by atoms with Crippen LogP contribution >= 0.6 is 12.2 Å². The van der Waals surface area contributed by atoms with Gasteiger partial charge >= 0.3 is 0 Å². The summed E-state index contributed by atoms with van der Waals surface area (Å²) in [5.74, 6) is -0.621. The molecule has 0 atom stereocenters. The molecule has 0 saturated carbocycles. The van der Waals surface area contributed by atoms with Crippen molar-refractivity contribution in [2.45, 2.75) is 13.8 Å². The number of amides is 2. The molecule has 1 aromatic carbocycles. The molecule has 0 aliphatic rings. The van der Waals surface area contributed by atoms with Crippen molar-refractivity contribution < 1.29 is 9.59 Å². The number of benzene rings is 1. The SMILES string of the molecule is CC(=O)NC(=S)NNC(=O)c1ccc(C)cc1. The molecule has 0 bridgehead atoms. The summed E-state index contributed by atoms with van der Waals surface area (Å²) in [4.78, 5) is 22.3. The number of carbonyl (C=O) groups excluding carboxylic acids is 2. The maximum atomic E-state index is 11.6. The van der Waals surface area contributed by atoms with E-state index < -0.39 is 0 Å². The van der Waals surface area contributed by atoms with Gasteiger partial charge in [-0.3, -0.25) is 20.4 Å². The van der Waals surface area contributed by atoms with E-state index in [-0.39, 0.29) is 16.9 Å². The van der Waals surface area contributed by atoms with Crippen LogP contribution in [0.5, 0.6) is 0 Å². The highest BCUT2D eigenvalue weighted by Crippen LogP contribution is 2.01. The highest BCUT2D eigenvalue weighted by molar-refractivity contribution is 7.80. The Hall–Kier alpha value is -1.95. The number of thiocarbonyl (C=S) groups is 1. The Kier molecular flexibility index (Phi) is 4.59. The molecule has 3 N–H and O–H groups in total. The van der Waals surface area contributed by atoms with Gasteiger partial charge in [-0.2, -0.15) is 0 Å². The van der Waals surface area contributed by atoms with E-state index in [9.17, 15) is 9.59 Å². The van der Waals surface area contributed by atoms with Crippen LogP contribution in [-0.4, -0.2) is 16.9 Å². The van der Waals surface area contributed by atoms with E-state index in [4.69, 9.17) is 12.2 Å². The molecule has 2 amide bonds. The number of hydrogen-bond donors (Lipinski definition) is 3. The Labute approximate surface area is 105 Å². The molecule has 5 nitrogen and oxygen atoms in total. The summed E-state index contributed by atoms with van der Waals surface area (Å²) in [5, 5.41) is 2.38. The van der Waals surface area contributed by atoms with Crippen LogP contribution in [0.2, 0.25) is 0 Å². The van der Waals surface area contributed by atoms with E-state index in [1.165, 1.54) is 6.92 Å². The topological polar surface area (TPSA) is 70.2 Å².